The zero-order valence-electron chi connectivity index (χ0n) is 9.11. The van der Waals surface area contributed by atoms with Crippen molar-refractivity contribution in [3.05, 3.63) is 44.4 Å². The van der Waals surface area contributed by atoms with Crippen LogP contribution in [0.25, 0.3) is 22.4 Å². The number of rotatable bonds is 1. The molecule has 3 nitrogen and oxygen atoms in total. The maximum Gasteiger partial charge on any atom is 0.139 e. The lowest BCUT2D eigenvalue weighted by molar-refractivity contribution is 0.476. The number of phenols is 1. The number of aromatic amines is 1. The first-order chi connectivity index (χ1) is 8.63. The Labute approximate surface area is 126 Å². The number of aromatic hydroxyl groups is 1. The average Bonchev–Trinajstić information content (AvgIpc) is 2.74. The summed E-state index contributed by atoms with van der Waals surface area (Å²) in [5.74, 6) is 1.04. The van der Waals surface area contributed by atoms with E-state index in [1.54, 1.807) is 18.2 Å². The van der Waals surface area contributed by atoms with Gasteiger partial charge in [-0.3, -0.25) is 0 Å². The van der Waals surface area contributed by atoms with Crippen LogP contribution in [-0.4, -0.2) is 15.1 Å². The fourth-order valence-corrected chi connectivity index (χ4v) is 2.76. The van der Waals surface area contributed by atoms with Crippen molar-refractivity contribution < 1.29 is 5.11 Å². The van der Waals surface area contributed by atoms with Gasteiger partial charge in [-0.15, -0.1) is 0 Å². The monoisotopic (exact) mass is 414 g/mol. The zero-order chi connectivity index (χ0) is 12.7. The third kappa shape index (κ3) is 2.12. The predicted molar refractivity (Wildman–Crippen MR) is 83.6 cm³/mol. The fourth-order valence-electron chi connectivity index (χ4n) is 1.80. The Hall–Kier alpha value is -1.08. The highest BCUT2D eigenvalue weighted by molar-refractivity contribution is 14.1. The van der Waals surface area contributed by atoms with Crippen LogP contribution < -0.4 is 0 Å². The average molecular weight is 415 g/mol. The van der Waals surface area contributed by atoms with E-state index in [2.05, 4.69) is 48.5 Å². The number of nitrogens with one attached hydrogen (secondary N) is 1. The minimum Gasteiger partial charge on any atom is -0.508 e. The number of H-pyrrole nitrogens is 1. The molecule has 3 rings (SSSR count). The molecule has 1 heterocycles. The highest BCUT2D eigenvalue weighted by Crippen LogP contribution is 2.28. The lowest BCUT2D eigenvalue weighted by Gasteiger charge is -2.01. The van der Waals surface area contributed by atoms with E-state index in [-0.39, 0.29) is 5.75 Å². The highest BCUT2D eigenvalue weighted by atomic mass is 127. The van der Waals surface area contributed by atoms with E-state index >= 15 is 0 Å². The first-order valence-corrected chi connectivity index (χ1v) is 7.15. The van der Waals surface area contributed by atoms with Gasteiger partial charge >= 0.3 is 0 Å². The standard InChI is InChI=1S/C13H8BrIN2O/c14-7-1-3-10(15)9(5-7)13-16-11-4-2-8(18)6-12(11)17-13/h1-6,18H,(H,16,17). The molecule has 0 saturated heterocycles. The van der Waals surface area contributed by atoms with Crippen molar-refractivity contribution in [3.8, 4) is 17.1 Å². The van der Waals surface area contributed by atoms with Crippen molar-refractivity contribution in [1.82, 2.24) is 9.97 Å². The smallest absolute Gasteiger partial charge is 0.139 e. The number of halogens is 2. The number of imidazole rings is 1. The largest absolute Gasteiger partial charge is 0.508 e. The van der Waals surface area contributed by atoms with Crippen molar-refractivity contribution in [2.45, 2.75) is 0 Å². The molecular formula is C13H8BrIN2O. The van der Waals surface area contributed by atoms with E-state index in [0.717, 1.165) is 30.5 Å². The third-order valence-electron chi connectivity index (χ3n) is 2.65. The molecular weight excluding hydrogens is 407 g/mol. The Morgan fingerprint density at radius 2 is 2.00 bits per heavy atom. The molecule has 0 spiro atoms. The molecule has 1 aromatic heterocycles. The Morgan fingerprint density at radius 1 is 1.17 bits per heavy atom. The zero-order valence-corrected chi connectivity index (χ0v) is 12.9. The Bertz CT molecular complexity index is 739. The third-order valence-corrected chi connectivity index (χ3v) is 4.08. The Balaban J connectivity index is 2.22. The van der Waals surface area contributed by atoms with Gasteiger partial charge in [-0.2, -0.15) is 0 Å². The SMILES string of the molecule is Oc1ccc2nc(-c3cc(Br)ccc3I)[nH]c2c1. The minimum absolute atomic E-state index is 0.238. The summed E-state index contributed by atoms with van der Waals surface area (Å²) < 4.78 is 2.14. The summed E-state index contributed by atoms with van der Waals surface area (Å²) in [6.45, 7) is 0. The summed E-state index contributed by atoms with van der Waals surface area (Å²) in [7, 11) is 0. The molecule has 5 heteroatoms. The molecule has 90 valence electrons. The summed E-state index contributed by atoms with van der Waals surface area (Å²) in [6, 6.07) is 11.2. The van der Waals surface area contributed by atoms with E-state index < -0.39 is 0 Å². The van der Waals surface area contributed by atoms with Gasteiger partial charge in [-0.25, -0.2) is 4.98 Å². The van der Waals surface area contributed by atoms with Crippen LogP contribution in [0.4, 0.5) is 0 Å². The van der Waals surface area contributed by atoms with E-state index in [4.69, 9.17) is 0 Å². The fraction of sp³-hybridized carbons (Fsp3) is 0. The lowest BCUT2D eigenvalue weighted by atomic mass is 10.2. The van der Waals surface area contributed by atoms with Crippen LogP contribution in [-0.2, 0) is 0 Å². The molecule has 0 unspecified atom stereocenters. The molecule has 2 aromatic carbocycles. The van der Waals surface area contributed by atoms with Crippen LogP contribution in [0, 0.1) is 3.57 Å². The molecule has 0 bridgehead atoms. The van der Waals surface area contributed by atoms with Crippen molar-refractivity contribution >= 4 is 49.6 Å². The van der Waals surface area contributed by atoms with Gasteiger partial charge < -0.3 is 10.1 Å². The molecule has 0 fully saturated rings. The highest BCUT2D eigenvalue weighted by Gasteiger charge is 2.09. The van der Waals surface area contributed by atoms with Gasteiger partial charge in [-0.1, -0.05) is 15.9 Å². The summed E-state index contributed by atoms with van der Waals surface area (Å²) >= 11 is 5.75. The van der Waals surface area contributed by atoms with E-state index in [1.165, 1.54) is 0 Å². The lowest BCUT2D eigenvalue weighted by Crippen LogP contribution is -1.84. The van der Waals surface area contributed by atoms with Crippen LogP contribution in [0.3, 0.4) is 0 Å². The van der Waals surface area contributed by atoms with Crippen LogP contribution in [0.1, 0.15) is 0 Å². The van der Waals surface area contributed by atoms with Gasteiger partial charge in [0.2, 0.25) is 0 Å². The number of phenolic OH excluding ortho intramolecular Hbond substituents is 1. The number of fused-ring (bicyclic) bond motifs is 1. The molecule has 0 aliphatic carbocycles. The molecule has 0 amide bonds. The van der Waals surface area contributed by atoms with Gasteiger partial charge in [-0.05, 0) is 52.9 Å². The van der Waals surface area contributed by atoms with E-state index in [1.807, 2.05) is 18.2 Å². The van der Waals surface area contributed by atoms with E-state index in [0.29, 0.717) is 0 Å². The van der Waals surface area contributed by atoms with Gasteiger partial charge in [0, 0.05) is 19.7 Å². The number of benzene rings is 2. The second-order valence-corrected chi connectivity index (χ2v) is 5.99. The summed E-state index contributed by atoms with van der Waals surface area (Å²) in [5, 5.41) is 9.45. The first-order valence-electron chi connectivity index (χ1n) is 5.27. The quantitative estimate of drug-likeness (QED) is 0.583. The second-order valence-electron chi connectivity index (χ2n) is 3.91. The Kier molecular flexibility index (Phi) is 3.03. The van der Waals surface area contributed by atoms with Crippen LogP contribution in [0.15, 0.2) is 40.9 Å². The molecule has 18 heavy (non-hydrogen) atoms. The molecule has 0 aliphatic rings. The van der Waals surface area contributed by atoms with Gasteiger partial charge in [0.05, 0.1) is 11.0 Å². The maximum absolute atomic E-state index is 9.45. The molecule has 0 saturated carbocycles. The molecule has 3 aromatic rings. The normalized spacial score (nSPS) is 11.0. The number of hydrogen-bond donors (Lipinski definition) is 2. The van der Waals surface area contributed by atoms with Crippen molar-refractivity contribution in [2.75, 3.05) is 0 Å². The van der Waals surface area contributed by atoms with Crippen molar-refractivity contribution in [1.29, 1.82) is 0 Å². The van der Waals surface area contributed by atoms with Crippen LogP contribution >= 0.6 is 38.5 Å². The topological polar surface area (TPSA) is 48.9 Å². The van der Waals surface area contributed by atoms with E-state index in [9.17, 15) is 5.11 Å². The summed E-state index contributed by atoms with van der Waals surface area (Å²) in [6.07, 6.45) is 0. The Morgan fingerprint density at radius 3 is 2.83 bits per heavy atom. The van der Waals surface area contributed by atoms with Gasteiger partial charge in [0.1, 0.15) is 11.6 Å². The van der Waals surface area contributed by atoms with Crippen LogP contribution in [0.2, 0.25) is 0 Å². The van der Waals surface area contributed by atoms with Crippen molar-refractivity contribution in [2.24, 2.45) is 0 Å². The first kappa shape index (κ1) is 12.0. The maximum atomic E-state index is 9.45. The number of nitrogens with zero attached hydrogens (tertiary/aromatic N) is 1. The molecule has 0 atom stereocenters. The molecule has 2 N–H and O–H groups in total. The van der Waals surface area contributed by atoms with Crippen molar-refractivity contribution in [3.63, 3.8) is 0 Å². The predicted octanol–water partition coefficient (Wildman–Crippen LogP) is 4.30. The second kappa shape index (κ2) is 4.55. The summed E-state index contributed by atoms with van der Waals surface area (Å²) in [4.78, 5) is 7.76. The van der Waals surface area contributed by atoms with Gasteiger partial charge in [0.25, 0.3) is 0 Å². The molecule has 0 aliphatic heterocycles. The summed E-state index contributed by atoms with van der Waals surface area (Å²) in [5.41, 5.74) is 2.72. The van der Waals surface area contributed by atoms with Crippen LogP contribution in [0.5, 0.6) is 5.75 Å². The minimum atomic E-state index is 0.238. The number of aromatic nitrogens is 2. The molecule has 0 radical (unpaired) electrons. The number of hydrogen-bond acceptors (Lipinski definition) is 2. The van der Waals surface area contributed by atoms with Gasteiger partial charge in [0.15, 0.2) is 0 Å².